The molecule has 0 N–H and O–H groups in total. The lowest BCUT2D eigenvalue weighted by Gasteiger charge is -2.18. The highest BCUT2D eigenvalue weighted by Gasteiger charge is 2.19. The summed E-state index contributed by atoms with van der Waals surface area (Å²) in [5, 5.41) is 0. The maximum atomic E-state index is 12.2. The van der Waals surface area contributed by atoms with Crippen LogP contribution in [0.2, 0.25) is 0 Å². The molecule has 2 atom stereocenters. The molecule has 0 saturated carbocycles. The lowest BCUT2D eigenvalue weighted by Crippen LogP contribution is -2.30. The van der Waals surface area contributed by atoms with E-state index in [2.05, 4.69) is 6.92 Å². The minimum Gasteiger partial charge on any atom is -0.462 e. The fourth-order valence-corrected chi connectivity index (χ4v) is 4.50. The minimum absolute atomic E-state index is 0.0555. The van der Waals surface area contributed by atoms with Crippen molar-refractivity contribution in [3.8, 4) is 0 Å². The summed E-state index contributed by atoms with van der Waals surface area (Å²) in [4.78, 5) is 47.6. The molecule has 0 aliphatic rings. The van der Waals surface area contributed by atoms with Crippen molar-refractivity contribution < 1.29 is 38.1 Å². The van der Waals surface area contributed by atoms with E-state index in [1.165, 1.54) is 32.1 Å². The summed E-state index contributed by atoms with van der Waals surface area (Å²) < 4.78 is 21.5. The molecule has 0 aromatic heterocycles. The van der Waals surface area contributed by atoms with Gasteiger partial charge in [0, 0.05) is 25.7 Å². The number of rotatable bonds is 28. The van der Waals surface area contributed by atoms with Crippen molar-refractivity contribution in [1.29, 1.82) is 0 Å². The highest BCUT2D eigenvalue weighted by Crippen LogP contribution is 2.17. The van der Waals surface area contributed by atoms with E-state index in [1.54, 1.807) is 0 Å². The third-order valence-electron chi connectivity index (χ3n) is 6.86. The van der Waals surface area contributed by atoms with Crippen LogP contribution >= 0.6 is 0 Å². The van der Waals surface area contributed by atoms with Gasteiger partial charge >= 0.3 is 23.9 Å². The van der Waals surface area contributed by atoms with Crippen molar-refractivity contribution in [2.45, 2.75) is 175 Å². The molecule has 0 fully saturated rings. The molecular formula is C33H60O8. The topological polar surface area (TPSA) is 105 Å². The Morgan fingerprint density at radius 3 is 1.29 bits per heavy atom. The Bertz CT molecular complexity index is 678. The average molecular weight is 585 g/mol. The van der Waals surface area contributed by atoms with Gasteiger partial charge in [0.15, 0.2) is 6.10 Å². The summed E-state index contributed by atoms with van der Waals surface area (Å²) in [6.45, 7) is 7.75. The fraction of sp³-hybridized carbons (Fsp3) is 0.879. The standard InChI is InChI=1S/C33H60O8/c1-5-9-10-17-23-28(40-32(36)21-7-3)24-18-15-13-11-12-14-16-19-25-31(35)39-27-29(41-33(37)22-8-4)26-38-30(34)20-6-2/h28-29H,5-27H2,1-4H3. The van der Waals surface area contributed by atoms with Gasteiger partial charge in [-0.3, -0.25) is 19.2 Å². The molecule has 0 heterocycles. The number of unbranched alkanes of at least 4 members (excludes halogenated alkanes) is 10. The van der Waals surface area contributed by atoms with Gasteiger partial charge in [-0.1, -0.05) is 85.5 Å². The summed E-state index contributed by atoms with van der Waals surface area (Å²) in [6.07, 6.45) is 18.1. The van der Waals surface area contributed by atoms with Gasteiger partial charge in [0.25, 0.3) is 0 Å². The van der Waals surface area contributed by atoms with Gasteiger partial charge in [-0.15, -0.1) is 0 Å². The molecule has 240 valence electrons. The second kappa shape index (κ2) is 28.0. The van der Waals surface area contributed by atoms with Crippen LogP contribution in [0.15, 0.2) is 0 Å². The van der Waals surface area contributed by atoms with E-state index in [0.717, 1.165) is 64.2 Å². The van der Waals surface area contributed by atoms with Gasteiger partial charge in [0.2, 0.25) is 0 Å². The van der Waals surface area contributed by atoms with Crippen LogP contribution in [0.25, 0.3) is 0 Å². The molecule has 0 spiro atoms. The van der Waals surface area contributed by atoms with Crippen molar-refractivity contribution in [3.63, 3.8) is 0 Å². The van der Waals surface area contributed by atoms with Gasteiger partial charge in [0.1, 0.15) is 19.3 Å². The SMILES string of the molecule is CCCCCCC(CCCCCCCCCCC(=O)OCC(COC(=O)CCC)OC(=O)CCC)OC(=O)CCC. The van der Waals surface area contributed by atoms with E-state index in [9.17, 15) is 19.2 Å². The van der Waals surface area contributed by atoms with Crippen molar-refractivity contribution in [1.82, 2.24) is 0 Å². The van der Waals surface area contributed by atoms with Crippen LogP contribution < -0.4 is 0 Å². The normalized spacial score (nSPS) is 12.4. The van der Waals surface area contributed by atoms with Gasteiger partial charge in [-0.05, 0) is 51.4 Å². The van der Waals surface area contributed by atoms with E-state index in [1.807, 2.05) is 20.8 Å². The zero-order valence-corrected chi connectivity index (χ0v) is 26.7. The van der Waals surface area contributed by atoms with Crippen LogP contribution in [-0.2, 0) is 38.1 Å². The summed E-state index contributed by atoms with van der Waals surface area (Å²) in [5.41, 5.74) is 0. The molecule has 0 rings (SSSR count). The molecule has 0 saturated heterocycles. The lowest BCUT2D eigenvalue weighted by molar-refractivity contribution is -0.166. The molecular weight excluding hydrogens is 524 g/mol. The fourth-order valence-electron chi connectivity index (χ4n) is 4.50. The Balaban J connectivity index is 4.04. The Labute approximate surface area is 250 Å². The number of hydrogen-bond donors (Lipinski definition) is 0. The first-order valence-electron chi connectivity index (χ1n) is 16.6. The van der Waals surface area contributed by atoms with Crippen molar-refractivity contribution in [2.24, 2.45) is 0 Å². The van der Waals surface area contributed by atoms with Crippen LogP contribution in [0.5, 0.6) is 0 Å². The molecule has 8 nitrogen and oxygen atoms in total. The Morgan fingerprint density at radius 1 is 0.415 bits per heavy atom. The maximum Gasteiger partial charge on any atom is 0.306 e. The van der Waals surface area contributed by atoms with E-state index in [-0.39, 0.29) is 43.6 Å². The number of hydrogen-bond acceptors (Lipinski definition) is 8. The largest absolute Gasteiger partial charge is 0.462 e. The summed E-state index contributed by atoms with van der Waals surface area (Å²) in [6, 6.07) is 0. The first-order chi connectivity index (χ1) is 19.9. The smallest absolute Gasteiger partial charge is 0.306 e. The molecule has 0 bridgehead atoms. The monoisotopic (exact) mass is 584 g/mol. The van der Waals surface area contributed by atoms with Gasteiger partial charge in [-0.2, -0.15) is 0 Å². The van der Waals surface area contributed by atoms with Crippen LogP contribution in [-0.4, -0.2) is 49.3 Å². The van der Waals surface area contributed by atoms with Crippen molar-refractivity contribution >= 4 is 23.9 Å². The number of carbonyl (C=O) groups excluding carboxylic acids is 4. The Morgan fingerprint density at radius 2 is 0.805 bits per heavy atom. The lowest BCUT2D eigenvalue weighted by atomic mass is 10.0. The molecule has 0 aromatic rings. The molecule has 41 heavy (non-hydrogen) atoms. The highest BCUT2D eigenvalue weighted by atomic mass is 16.6. The zero-order chi connectivity index (χ0) is 30.6. The minimum atomic E-state index is -0.779. The van der Waals surface area contributed by atoms with Crippen LogP contribution in [0.3, 0.4) is 0 Å². The summed E-state index contributed by atoms with van der Waals surface area (Å²) in [7, 11) is 0. The predicted octanol–water partition coefficient (Wildman–Crippen LogP) is 8.17. The molecule has 0 amide bonds. The van der Waals surface area contributed by atoms with E-state index in [4.69, 9.17) is 18.9 Å². The molecule has 2 unspecified atom stereocenters. The molecule has 0 radical (unpaired) electrons. The maximum absolute atomic E-state index is 12.2. The Kier molecular flexibility index (Phi) is 26.6. The third kappa shape index (κ3) is 25.3. The highest BCUT2D eigenvalue weighted by molar-refractivity contribution is 5.71. The van der Waals surface area contributed by atoms with Gasteiger partial charge in [0.05, 0.1) is 0 Å². The average Bonchev–Trinajstić information content (AvgIpc) is 2.93. The van der Waals surface area contributed by atoms with E-state index >= 15 is 0 Å². The quantitative estimate of drug-likeness (QED) is 0.0515. The van der Waals surface area contributed by atoms with Crippen molar-refractivity contribution in [3.05, 3.63) is 0 Å². The zero-order valence-electron chi connectivity index (χ0n) is 26.7. The van der Waals surface area contributed by atoms with E-state index in [0.29, 0.717) is 32.1 Å². The number of ether oxygens (including phenoxy) is 4. The molecule has 0 aliphatic heterocycles. The third-order valence-corrected chi connectivity index (χ3v) is 6.86. The summed E-state index contributed by atoms with van der Waals surface area (Å²) in [5.74, 6) is -1.13. The number of carbonyl (C=O) groups is 4. The van der Waals surface area contributed by atoms with E-state index < -0.39 is 12.1 Å². The Hall–Kier alpha value is -2.12. The first-order valence-corrected chi connectivity index (χ1v) is 16.6. The van der Waals surface area contributed by atoms with Crippen LogP contribution in [0, 0.1) is 0 Å². The molecule has 8 heteroatoms. The van der Waals surface area contributed by atoms with Crippen LogP contribution in [0.1, 0.15) is 163 Å². The number of esters is 4. The summed E-state index contributed by atoms with van der Waals surface area (Å²) >= 11 is 0. The predicted molar refractivity (Wildman–Crippen MR) is 161 cm³/mol. The van der Waals surface area contributed by atoms with Crippen LogP contribution in [0.4, 0.5) is 0 Å². The molecule has 0 aromatic carbocycles. The second-order valence-corrected chi connectivity index (χ2v) is 11.1. The first kappa shape index (κ1) is 38.9. The van der Waals surface area contributed by atoms with Crippen molar-refractivity contribution in [2.75, 3.05) is 13.2 Å². The van der Waals surface area contributed by atoms with Gasteiger partial charge < -0.3 is 18.9 Å². The van der Waals surface area contributed by atoms with Gasteiger partial charge in [-0.25, -0.2) is 0 Å². The second-order valence-electron chi connectivity index (χ2n) is 11.1. The molecule has 0 aliphatic carbocycles.